The molecule has 1 aromatic carbocycles. The Kier molecular flexibility index (Phi) is 9.68. The van der Waals surface area contributed by atoms with E-state index in [2.05, 4.69) is 16.0 Å². The number of methoxy groups -OCH3 is 3. The van der Waals surface area contributed by atoms with Gasteiger partial charge in [0.1, 0.15) is 6.04 Å². The average molecular weight is 396 g/mol. The molecular weight excluding hydrogens is 372 g/mol. The van der Waals surface area contributed by atoms with Crippen LogP contribution in [0.25, 0.3) is 0 Å². The fourth-order valence-electron chi connectivity index (χ4n) is 2.19. The van der Waals surface area contributed by atoms with Crippen LogP contribution >= 0.6 is 11.8 Å². The second-order valence-electron chi connectivity index (χ2n) is 5.22. The minimum atomic E-state index is -0.735. The van der Waals surface area contributed by atoms with Crippen molar-refractivity contribution in [3.8, 4) is 23.3 Å². The fraction of sp³-hybridized carbons (Fsp3) is 0.471. The summed E-state index contributed by atoms with van der Waals surface area (Å²) in [6, 6.07) is 3.81. The molecule has 1 atom stereocenters. The highest BCUT2D eigenvalue weighted by Gasteiger charge is 2.21. The van der Waals surface area contributed by atoms with Gasteiger partial charge in [0.2, 0.25) is 11.7 Å². The van der Waals surface area contributed by atoms with Crippen LogP contribution in [-0.2, 0) is 4.79 Å². The van der Waals surface area contributed by atoms with E-state index in [1.165, 1.54) is 33.1 Å². The van der Waals surface area contributed by atoms with Gasteiger partial charge in [0, 0.05) is 24.4 Å². The summed E-state index contributed by atoms with van der Waals surface area (Å²) in [6.45, 7) is 0.233. The molecule has 9 nitrogen and oxygen atoms in total. The molecule has 3 N–H and O–H groups in total. The fourth-order valence-corrected chi connectivity index (χ4v) is 2.76. The molecule has 1 aromatic rings. The molecule has 0 fully saturated rings. The van der Waals surface area contributed by atoms with E-state index in [9.17, 15) is 9.59 Å². The molecule has 148 valence electrons. The first-order chi connectivity index (χ1) is 13.0. The van der Waals surface area contributed by atoms with Crippen molar-refractivity contribution in [2.45, 2.75) is 12.5 Å². The number of thioether (sulfide) groups is 1. The van der Waals surface area contributed by atoms with Crippen LogP contribution in [0.1, 0.15) is 6.42 Å². The molecule has 1 rings (SSSR count). The van der Waals surface area contributed by atoms with Gasteiger partial charge in [0.25, 0.3) is 0 Å². The molecule has 0 saturated carbocycles. The van der Waals surface area contributed by atoms with Crippen molar-refractivity contribution in [2.24, 2.45) is 0 Å². The third-order valence-electron chi connectivity index (χ3n) is 3.41. The number of ether oxygens (including phenoxy) is 3. The van der Waals surface area contributed by atoms with Gasteiger partial charge in [-0.05, 0) is 6.26 Å². The van der Waals surface area contributed by atoms with Gasteiger partial charge in [-0.2, -0.15) is 17.0 Å². The SMILES string of the molecule is COc1cc(NC(=O)NC(CSC)C(=O)NCCC#N)cc(OC)c1OC. The molecule has 0 aliphatic heterocycles. The molecule has 0 aliphatic carbocycles. The van der Waals surface area contributed by atoms with Gasteiger partial charge in [0.15, 0.2) is 11.5 Å². The number of urea groups is 1. The number of hydrogen-bond acceptors (Lipinski definition) is 7. The molecule has 3 amide bonds. The van der Waals surface area contributed by atoms with Crippen molar-refractivity contribution < 1.29 is 23.8 Å². The highest BCUT2D eigenvalue weighted by molar-refractivity contribution is 7.98. The summed E-state index contributed by atoms with van der Waals surface area (Å²) in [5, 5.41) is 16.4. The Morgan fingerprint density at radius 3 is 2.30 bits per heavy atom. The lowest BCUT2D eigenvalue weighted by Gasteiger charge is -2.18. The predicted molar refractivity (Wildman–Crippen MR) is 104 cm³/mol. The Morgan fingerprint density at radius 2 is 1.81 bits per heavy atom. The molecule has 10 heteroatoms. The van der Waals surface area contributed by atoms with Crippen LogP contribution < -0.4 is 30.2 Å². The van der Waals surface area contributed by atoms with Gasteiger partial charge in [-0.3, -0.25) is 4.79 Å². The van der Waals surface area contributed by atoms with Crippen LogP contribution in [0.5, 0.6) is 17.2 Å². The second-order valence-corrected chi connectivity index (χ2v) is 6.13. The Bertz CT molecular complexity index is 667. The average Bonchev–Trinajstić information content (AvgIpc) is 2.66. The highest BCUT2D eigenvalue weighted by Crippen LogP contribution is 2.39. The molecule has 0 aliphatic rings. The van der Waals surface area contributed by atoms with Crippen molar-refractivity contribution in [1.29, 1.82) is 5.26 Å². The zero-order valence-electron chi connectivity index (χ0n) is 15.8. The summed E-state index contributed by atoms with van der Waals surface area (Å²) in [5.41, 5.74) is 0.412. The zero-order valence-corrected chi connectivity index (χ0v) is 16.6. The largest absolute Gasteiger partial charge is 0.493 e. The summed E-state index contributed by atoms with van der Waals surface area (Å²) in [5.74, 6) is 1.23. The molecular formula is C17H24N4O5S. The normalized spacial score (nSPS) is 10.9. The molecule has 0 bridgehead atoms. The lowest BCUT2D eigenvalue weighted by Crippen LogP contribution is -2.49. The minimum absolute atomic E-state index is 0.204. The minimum Gasteiger partial charge on any atom is -0.493 e. The summed E-state index contributed by atoms with van der Waals surface area (Å²) in [6.07, 6.45) is 2.03. The Balaban J connectivity index is 2.84. The van der Waals surface area contributed by atoms with Crippen LogP contribution in [-0.4, -0.2) is 57.9 Å². The van der Waals surface area contributed by atoms with Crippen molar-refractivity contribution in [3.05, 3.63) is 12.1 Å². The van der Waals surface area contributed by atoms with Crippen LogP contribution in [0.3, 0.4) is 0 Å². The molecule has 0 heterocycles. The molecule has 0 radical (unpaired) electrons. The number of nitrogens with one attached hydrogen (secondary N) is 3. The first-order valence-electron chi connectivity index (χ1n) is 8.01. The summed E-state index contributed by atoms with van der Waals surface area (Å²) in [4.78, 5) is 24.5. The van der Waals surface area contributed by atoms with Gasteiger partial charge in [0.05, 0.1) is 39.5 Å². The van der Waals surface area contributed by atoms with Crippen LogP contribution in [0.4, 0.5) is 10.5 Å². The number of benzene rings is 1. The zero-order chi connectivity index (χ0) is 20.2. The van der Waals surface area contributed by atoms with E-state index in [-0.39, 0.29) is 18.9 Å². The van der Waals surface area contributed by atoms with E-state index >= 15 is 0 Å². The number of carbonyl (C=O) groups excluding carboxylic acids is 2. The molecule has 0 saturated heterocycles. The van der Waals surface area contributed by atoms with E-state index in [0.717, 1.165) is 0 Å². The van der Waals surface area contributed by atoms with Crippen molar-refractivity contribution >= 4 is 29.4 Å². The number of hydrogen-bond donors (Lipinski definition) is 3. The highest BCUT2D eigenvalue weighted by atomic mass is 32.2. The topological polar surface area (TPSA) is 122 Å². The first kappa shape index (κ1) is 22.2. The van der Waals surface area contributed by atoms with Crippen LogP contribution in [0.15, 0.2) is 12.1 Å². The number of amides is 3. The number of carbonyl (C=O) groups is 2. The quantitative estimate of drug-likeness (QED) is 0.514. The van der Waals surface area contributed by atoms with E-state index in [1.54, 1.807) is 12.1 Å². The van der Waals surface area contributed by atoms with Crippen molar-refractivity contribution in [1.82, 2.24) is 10.6 Å². The number of nitriles is 1. The Hall–Kier alpha value is -2.80. The standard InChI is InChI=1S/C17H24N4O5S/c1-24-13-8-11(9-14(25-2)15(13)26-3)20-17(23)21-12(10-27-4)16(22)19-7-5-6-18/h8-9,12H,5,7,10H2,1-4H3,(H,19,22)(H2,20,21,23). The van der Waals surface area contributed by atoms with E-state index in [1.807, 2.05) is 12.3 Å². The van der Waals surface area contributed by atoms with Gasteiger partial charge < -0.3 is 30.2 Å². The lowest BCUT2D eigenvalue weighted by atomic mass is 10.2. The third-order valence-corrected chi connectivity index (χ3v) is 4.08. The molecule has 0 aromatic heterocycles. The predicted octanol–water partition coefficient (Wildman–Crippen LogP) is 1.60. The Labute approximate surface area is 162 Å². The summed E-state index contributed by atoms with van der Waals surface area (Å²) >= 11 is 1.42. The molecule has 1 unspecified atom stereocenters. The van der Waals surface area contributed by atoms with Gasteiger partial charge in [-0.25, -0.2) is 4.79 Å². The van der Waals surface area contributed by atoms with E-state index in [0.29, 0.717) is 28.7 Å². The third kappa shape index (κ3) is 6.79. The smallest absolute Gasteiger partial charge is 0.319 e. The Morgan fingerprint density at radius 1 is 1.19 bits per heavy atom. The first-order valence-corrected chi connectivity index (χ1v) is 9.41. The maximum absolute atomic E-state index is 12.3. The van der Waals surface area contributed by atoms with E-state index < -0.39 is 12.1 Å². The number of nitrogens with zero attached hydrogens (tertiary/aromatic N) is 1. The molecule has 27 heavy (non-hydrogen) atoms. The van der Waals surface area contributed by atoms with E-state index in [4.69, 9.17) is 19.5 Å². The monoisotopic (exact) mass is 396 g/mol. The van der Waals surface area contributed by atoms with Crippen LogP contribution in [0.2, 0.25) is 0 Å². The number of rotatable bonds is 10. The van der Waals surface area contributed by atoms with Gasteiger partial charge in [-0.1, -0.05) is 0 Å². The van der Waals surface area contributed by atoms with Crippen molar-refractivity contribution in [2.75, 3.05) is 45.2 Å². The summed E-state index contributed by atoms with van der Waals surface area (Å²) in [7, 11) is 4.43. The van der Waals surface area contributed by atoms with Crippen molar-refractivity contribution in [3.63, 3.8) is 0 Å². The summed E-state index contributed by atoms with van der Waals surface area (Å²) < 4.78 is 15.7. The maximum atomic E-state index is 12.3. The van der Waals surface area contributed by atoms with Gasteiger partial charge >= 0.3 is 6.03 Å². The lowest BCUT2D eigenvalue weighted by molar-refractivity contribution is -0.122. The number of anilines is 1. The second kappa shape index (κ2) is 11.7. The van der Waals surface area contributed by atoms with Crippen LogP contribution in [0, 0.1) is 11.3 Å². The molecule has 0 spiro atoms. The maximum Gasteiger partial charge on any atom is 0.319 e. The van der Waals surface area contributed by atoms with Gasteiger partial charge in [-0.15, -0.1) is 0 Å².